The monoisotopic (exact) mass is 422 g/mol. The Bertz CT molecular complexity index is 1490. The molecule has 31 heavy (non-hydrogen) atoms. The zero-order valence-electron chi connectivity index (χ0n) is 15.7. The fraction of sp³-hybridized carbons (Fsp3) is 0.0455. The van der Waals surface area contributed by atoms with E-state index >= 15 is 0 Å². The molecule has 0 atom stereocenters. The summed E-state index contributed by atoms with van der Waals surface area (Å²) in [5.74, 6) is -0.672. The summed E-state index contributed by atoms with van der Waals surface area (Å²) >= 11 is 0. The van der Waals surface area contributed by atoms with E-state index in [-0.39, 0.29) is 11.3 Å². The second-order valence-electron chi connectivity index (χ2n) is 6.97. The zero-order valence-corrected chi connectivity index (χ0v) is 15.7. The number of hydrogen-bond acceptors (Lipinski definition) is 4. The van der Waals surface area contributed by atoms with E-state index in [1.54, 1.807) is 36.7 Å². The van der Waals surface area contributed by atoms with Gasteiger partial charge in [-0.3, -0.25) is 9.38 Å². The molecule has 3 aromatic heterocycles. The van der Waals surface area contributed by atoms with Crippen LogP contribution in [0.4, 0.5) is 24.7 Å². The first-order chi connectivity index (χ1) is 14.8. The van der Waals surface area contributed by atoms with Crippen LogP contribution in [0.1, 0.15) is 15.9 Å². The van der Waals surface area contributed by atoms with E-state index in [0.717, 1.165) is 17.6 Å². The van der Waals surface area contributed by atoms with Crippen molar-refractivity contribution in [2.24, 2.45) is 0 Å². The Balaban J connectivity index is 1.72. The number of hydrogen-bond donors (Lipinski definition) is 2. The number of anilines is 2. The highest BCUT2D eigenvalue weighted by Gasteiger charge is 2.30. The maximum Gasteiger partial charge on any atom is 0.416 e. The van der Waals surface area contributed by atoms with Gasteiger partial charge < -0.3 is 10.4 Å². The summed E-state index contributed by atoms with van der Waals surface area (Å²) in [7, 11) is 0. The van der Waals surface area contributed by atoms with E-state index < -0.39 is 17.7 Å². The van der Waals surface area contributed by atoms with Crippen LogP contribution < -0.4 is 5.32 Å². The van der Waals surface area contributed by atoms with E-state index in [1.165, 1.54) is 18.2 Å². The number of carboxylic acids is 1. The molecule has 0 saturated carbocycles. The summed E-state index contributed by atoms with van der Waals surface area (Å²) in [6.07, 6.45) is -1.25. The number of aromatic nitrogens is 3. The first-order valence-corrected chi connectivity index (χ1v) is 9.18. The van der Waals surface area contributed by atoms with Crippen molar-refractivity contribution < 1.29 is 23.1 Å². The number of alkyl halides is 3. The summed E-state index contributed by atoms with van der Waals surface area (Å²) in [6.45, 7) is 0. The second kappa shape index (κ2) is 6.69. The maximum atomic E-state index is 13.1. The number of carboxylic acid groups (broad SMARTS) is 1. The van der Waals surface area contributed by atoms with Crippen LogP contribution in [0.15, 0.2) is 67.0 Å². The van der Waals surface area contributed by atoms with Gasteiger partial charge in [0, 0.05) is 22.7 Å². The first-order valence-electron chi connectivity index (χ1n) is 9.18. The molecule has 2 N–H and O–H groups in total. The Morgan fingerprint density at radius 2 is 1.87 bits per heavy atom. The quantitative estimate of drug-likeness (QED) is 0.402. The van der Waals surface area contributed by atoms with Crippen molar-refractivity contribution in [1.82, 2.24) is 14.4 Å². The molecule has 154 valence electrons. The number of carbonyl (C=O) groups is 1. The SMILES string of the molecule is O=C(O)c1ccc2c(c1)cc1nc(Nc3cccc(C(F)(F)F)c3)c3ccncc3n12. The second-order valence-corrected chi connectivity index (χ2v) is 6.97. The van der Waals surface area contributed by atoms with E-state index in [2.05, 4.69) is 15.3 Å². The van der Waals surface area contributed by atoms with Gasteiger partial charge in [-0.2, -0.15) is 13.2 Å². The van der Waals surface area contributed by atoms with Crippen molar-refractivity contribution in [3.63, 3.8) is 0 Å². The summed E-state index contributed by atoms with van der Waals surface area (Å²) in [4.78, 5) is 20.1. The van der Waals surface area contributed by atoms with Crippen LogP contribution in [-0.2, 0) is 6.18 Å². The molecule has 0 radical (unpaired) electrons. The molecular weight excluding hydrogens is 409 g/mol. The molecule has 5 rings (SSSR count). The molecule has 0 saturated heterocycles. The van der Waals surface area contributed by atoms with Gasteiger partial charge in [-0.05, 0) is 48.5 Å². The van der Waals surface area contributed by atoms with Gasteiger partial charge in [-0.15, -0.1) is 0 Å². The summed E-state index contributed by atoms with van der Waals surface area (Å²) < 4.78 is 41.1. The Morgan fingerprint density at radius 1 is 1.03 bits per heavy atom. The maximum absolute atomic E-state index is 13.1. The molecular formula is C22H13F3N4O2. The van der Waals surface area contributed by atoms with Gasteiger partial charge >= 0.3 is 12.1 Å². The molecule has 0 bridgehead atoms. The minimum atomic E-state index is -4.46. The molecule has 0 unspecified atom stereocenters. The van der Waals surface area contributed by atoms with Gasteiger partial charge in [0.1, 0.15) is 11.5 Å². The third-order valence-electron chi connectivity index (χ3n) is 5.00. The molecule has 0 aliphatic rings. The van der Waals surface area contributed by atoms with E-state index in [4.69, 9.17) is 0 Å². The number of rotatable bonds is 3. The summed E-state index contributed by atoms with van der Waals surface area (Å²) in [5.41, 5.74) is 1.56. The standard InChI is InChI=1S/C22H13F3N4O2/c23-22(24,25)14-2-1-3-15(10-14)27-20-16-6-7-26-11-18(16)29-17-5-4-12(21(30)31)8-13(17)9-19(29)28-20/h1-11H,(H,27,28)(H,30,31). The van der Waals surface area contributed by atoms with E-state index in [0.29, 0.717) is 27.8 Å². The zero-order chi connectivity index (χ0) is 21.8. The topological polar surface area (TPSA) is 79.5 Å². The normalized spacial score (nSPS) is 12.0. The summed E-state index contributed by atoms with van der Waals surface area (Å²) in [6, 6.07) is 13.1. The number of aromatic carboxylic acids is 1. The Hall–Kier alpha value is -4.14. The van der Waals surface area contributed by atoms with Crippen molar-refractivity contribution in [3.8, 4) is 0 Å². The highest BCUT2D eigenvalue weighted by Crippen LogP contribution is 2.33. The molecule has 3 heterocycles. The molecule has 0 amide bonds. The van der Waals surface area contributed by atoms with Gasteiger partial charge in [0.05, 0.1) is 28.4 Å². The van der Waals surface area contributed by atoms with Gasteiger partial charge in [0.2, 0.25) is 0 Å². The number of nitrogens with one attached hydrogen (secondary N) is 1. The lowest BCUT2D eigenvalue weighted by Crippen LogP contribution is -2.06. The van der Waals surface area contributed by atoms with Gasteiger partial charge in [-0.1, -0.05) is 6.07 Å². The molecule has 0 aliphatic carbocycles. The fourth-order valence-electron chi connectivity index (χ4n) is 3.61. The highest BCUT2D eigenvalue weighted by atomic mass is 19.4. The van der Waals surface area contributed by atoms with Crippen LogP contribution in [0.3, 0.4) is 0 Å². The smallest absolute Gasteiger partial charge is 0.416 e. The van der Waals surface area contributed by atoms with Gasteiger partial charge in [0.15, 0.2) is 0 Å². The average Bonchev–Trinajstić information content (AvgIpc) is 3.11. The number of fused-ring (bicyclic) bond motifs is 5. The van der Waals surface area contributed by atoms with Crippen LogP contribution in [0.25, 0.3) is 27.5 Å². The molecule has 0 spiro atoms. The number of nitrogens with zero attached hydrogens (tertiary/aromatic N) is 3. The average molecular weight is 422 g/mol. The fourth-order valence-corrected chi connectivity index (χ4v) is 3.61. The number of halogens is 3. The third-order valence-corrected chi connectivity index (χ3v) is 5.00. The van der Waals surface area contributed by atoms with Gasteiger partial charge in [-0.25, -0.2) is 9.78 Å². The first kappa shape index (κ1) is 18.9. The van der Waals surface area contributed by atoms with Crippen molar-refractivity contribution in [2.75, 3.05) is 5.32 Å². The van der Waals surface area contributed by atoms with Crippen LogP contribution in [0.2, 0.25) is 0 Å². The summed E-state index contributed by atoms with van der Waals surface area (Å²) in [5, 5.41) is 13.6. The lowest BCUT2D eigenvalue weighted by atomic mass is 10.1. The minimum absolute atomic E-state index is 0.146. The Labute approximate surface area is 172 Å². The number of benzene rings is 2. The molecule has 0 fully saturated rings. The predicted octanol–water partition coefficient (Wildman–Crippen LogP) is 5.50. The van der Waals surface area contributed by atoms with Crippen molar-refractivity contribution in [2.45, 2.75) is 6.18 Å². The predicted molar refractivity (Wildman–Crippen MR) is 110 cm³/mol. The Kier molecular flexibility index (Phi) is 4.07. The Morgan fingerprint density at radius 3 is 2.65 bits per heavy atom. The molecule has 9 heteroatoms. The molecule has 0 aliphatic heterocycles. The van der Waals surface area contributed by atoms with Crippen molar-refractivity contribution in [1.29, 1.82) is 0 Å². The van der Waals surface area contributed by atoms with Crippen LogP contribution in [0, 0.1) is 0 Å². The van der Waals surface area contributed by atoms with E-state index in [1.807, 2.05) is 4.40 Å². The number of pyridine rings is 1. The van der Waals surface area contributed by atoms with Crippen LogP contribution in [0.5, 0.6) is 0 Å². The van der Waals surface area contributed by atoms with Crippen molar-refractivity contribution >= 4 is 44.9 Å². The molecule has 6 nitrogen and oxygen atoms in total. The molecule has 2 aromatic carbocycles. The lowest BCUT2D eigenvalue weighted by molar-refractivity contribution is -0.137. The highest BCUT2D eigenvalue weighted by molar-refractivity contribution is 6.00. The lowest BCUT2D eigenvalue weighted by Gasteiger charge is -2.13. The van der Waals surface area contributed by atoms with E-state index in [9.17, 15) is 23.1 Å². The molecule has 5 aromatic rings. The third kappa shape index (κ3) is 3.20. The van der Waals surface area contributed by atoms with Crippen LogP contribution >= 0.6 is 0 Å². The largest absolute Gasteiger partial charge is 0.478 e. The van der Waals surface area contributed by atoms with Crippen molar-refractivity contribution in [3.05, 3.63) is 78.1 Å². The van der Waals surface area contributed by atoms with Crippen LogP contribution in [-0.4, -0.2) is 25.4 Å². The minimum Gasteiger partial charge on any atom is -0.478 e. The van der Waals surface area contributed by atoms with Gasteiger partial charge in [0.25, 0.3) is 0 Å².